The summed E-state index contributed by atoms with van der Waals surface area (Å²) in [7, 11) is -9.91. The number of aliphatic hydroxyl groups is 1. The van der Waals surface area contributed by atoms with E-state index in [0.29, 0.717) is 25.7 Å². The molecule has 0 spiro atoms. The monoisotopic (exact) mass is 1420 g/mol. The highest BCUT2D eigenvalue weighted by Gasteiger charge is 2.30. The second-order valence-electron chi connectivity index (χ2n) is 29.1. The summed E-state index contributed by atoms with van der Waals surface area (Å²) < 4.78 is 68.5. The highest BCUT2D eigenvalue weighted by Crippen LogP contribution is 2.45. The number of aliphatic hydroxyl groups excluding tert-OH is 1. The summed E-state index contributed by atoms with van der Waals surface area (Å²) in [4.78, 5) is 72.8. The van der Waals surface area contributed by atoms with Crippen molar-refractivity contribution in [3.8, 4) is 0 Å². The Balaban J connectivity index is 5.19. The van der Waals surface area contributed by atoms with Gasteiger partial charge < -0.3 is 33.8 Å². The van der Waals surface area contributed by atoms with Crippen molar-refractivity contribution in [1.82, 2.24) is 0 Å². The molecule has 0 aromatic rings. The van der Waals surface area contributed by atoms with E-state index in [-0.39, 0.29) is 25.7 Å². The minimum Gasteiger partial charge on any atom is -0.462 e. The highest BCUT2D eigenvalue weighted by molar-refractivity contribution is 7.47. The summed E-state index contributed by atoms with van der Waals surface area (Å²) in [6.45, 7) is 9.62. The van der Waals surface area contributed by atoms with E-state index >= 15 is 0 Å². The van der Waals surface area contributed by atoms with Gasteiger partial charge in [0.2, 0.25) is 0 Å². The molecule has 5 atom stereocenters. The molecule has 0 saturated carbocycles. The molecule has 0 saturated heterocycles. The molecular weight excluding hydrogens is 1270 g/mol. The first kappa shape index (κ1) is 95.1. The summed E-state index contributed by atoms with van der Waals surface area (Å²) in [5.74, 6) is -0.522. The van der Waals surface area contributed by atoms with E-state index in [0.717, 1.165) is 115 Å². The smallest absolute Gasteiger partial charge is 0.462 e. The van der Waals surface area contributed by atoms with Crippen molar-refractivity contribution in [3.05, 3.63) is 0 Å². The maximum absolute atomic E-state index is 13.1. The first-order chi connectivity index (χ1) is 46.9. The molecule has 2 unspecified atom stereocenters. The van der Waals surface area contributed by atoms with Gasteiger partial charge in [0, 0.05) is 25.7 Å². The molecule has 0 radical (unpaired) electrons. The molecule has 0 aromatic carbocycles. The number of esters is 4. The Morgan fingerprint density at radius 1 is 0.278 bits per heavy atom. The van der Waals surface area contributed by atoms with Crippen molar-refractivity contribution in [2.75, 3.05) is 39.6 Å². The number of rotatable bonds is 77. The molecule has 0 aliphatic carbocycles. The van der Waals surface area contributed by atoms with Crippen LogP contribution in [0.3, 0.4) is 0 Å². The maximum Gasteiger partial charge on any atom is 0.472 e. The molecular formula is C78H152O17P2. The van der Waals surface area contributed by atoms with Crippen LogP contribution in [0.25, 0.3) is 0 Å². The third-order valence-electron chi connectivity index (χ3n) is 18.2. The Kier molecular flexibility index (Phi) is 68.4. The zero-order valence-electron chi connectivity index (χ0n) is 63.4. The van der Waals surface area contributed by atoms with E-state index in [1.54, 1.807) is 0 Å². The largest absolute Gasteiger partial charge is 0.472 e. The molecule has 0 amide bonds. The third kappa shape index (κ3) is 72.2. The lowest BCUT2D eigenvalue weighted by Gasteiger charge is -2.21. The van der Waals surface area contributed by atoms with Crippen molar-refractivity contribution in [2.45, 2.75) is 426 Å². The lowest BCUT2D eigenvalue weighted by atomic mass is 10.0. The van der Waals surface area contributed by atoms with Gasteiger partial charge in [-0.3, -0.25) is 37.3 Å². The summed E-state index contributed by atoms with van der Waals surface area (Å²) >= 11 is 0. The van der Waals surface area contributed by atoms with Crippen LogP contribution < -0.4 is 0 Å². The van der Waals surface area contributed by atoms with Crippen LogP contribution in [0.15, 0.2) is 0 Å². The molecule has 3 N–H and O–H groups in total. The van der Waals surface area contributed by atoms with Crippen molar-refractivity contribution in [1.29, 1.82) is 0 Å². The molecule has 0 rings (SSSR count). The van der Waals surface area contributed by atoms with Crippen LogP contribution in [0.2, 0.25) is 0 Å². The van der Waals surface area contributed by atoms with Gasteiger partial charge in [-0.25, -0.2) is 9.13 Å². The maximum atomic E-state index is 13.1. The van der Waals surface area contributed by atoms with E-state index in [2.05, 4.69) is 41.5 Å². The number of unbranched alkanes of at least 4 members (excludes halogenated alkanes) is 47. The fourth-order valence-electron chi connectivity index (χ4n) is 12.0. The summed E-state index contributed by atoms with van der Waals surface area (Å²) in [6.07, 6.45) is 58.3. The van der Waals surface area contributed by atoms with E-state index in [1.165, 1.54) is 212 Å². The summed E-state index contributed by atoms with van der Waals surface area (Å²) in [6, 6.07) is 0. The fraction of sp³-hybridized carbons (Fsp3) is 0.949. The minimum atomic E-state index is -4.96. The Bertz CT molecular complexity index is 1870. The molecule has 0 aliphatic rings. The van der Waals surface area contributed by atoms with Gasteiger partial charge in [0.05, 0.1) is 26.4 Å². The van der Waals surface area contributed by atoms with E-state index in [1.807, 2.05) is 0 Å². The van der Waals surface area contributed by atoms with Gasteiger partial charge >= 0.3 is 39.5 Å². The highest BCUT2D eigenvalue weighted by atomic mass is 31.2. The second-order valence-corrected chi connectivity index (χ2v) is 32.0. The number of carbonyl (C=O) groups excluding carboxylic acids is 4. The zero-order valence-corrected chi connectivity index (χ0v) is 65.2. The van der Waals surface area contributed by atoms with Crippen molar-refractivity contribution in [2.24, 2.45) is 11.8 Å². The molecule has 0 aliphatic heterocycles. The lowest BCUT2D eigenvalue weighted by molar-refractivity contribution is -0.161. The Labute approximate surface area is 594 Å². The fourth-order valence-corrected chi connectivity index (χ4v) is 13.6. The van der Waals surface area contributed by atoms with Gasteiger partial charge in [-0.2, -0.15) is 0 Å². The zero-order chi connectivity index (χ0) is 71.4. The van der Waals surface area contributed by atoms with E-state index in [9.17, 15) is 43.2 Å². The van der Waals surface area contributed by atoms with Crippen LogP contribution in [-0.4, -0.2) is 96.7 Å². The number of hydrogen-bond acceptors (Lipinski definition) is 15. The van der Waals surface area contributed by atoms with E-state index in [4.69, 9.17) is 37.0 Å². The number of hydrogen-bond donors (Lipinski definition) is 3. The van der Waals surface area contributed by atoms with Gasteiger partial charge in [-0.15, -0.1) is 0 Å². The van der Waals surface area contributed by atoms with Crippen LogP contribution in [-0.2, 0) is 65.4 Å². The van der Waals surface area contributed by atoms with Crippen LogP contribution in [0.1, 0.15) is 408 Å². The Morgan fingerprint density at radius 2 is 0.474 bits per heavy atom. The molecule has 97 heavy (non-hydrogen) atoms. The molecule has 576 valence electrons. The van der Waals surface area contributed by atoms with Crippen molar-refractivity contribution in [3.63, 3.8) is 0 Å². The molecule has 19 heteroatoms. The van der Waals surface area contributed by atoms with Gasteiger partial charge in [0.25, 0.3) is 0 Å². The van der Waals surface area contributed by atoms with Gasteiger partial charge in [-0.1, -0.05) is 356 Å². The van der Waals surface area contributed by atoms with Gasteiger partial charge in [0.15, 0.2) is 12.2 Å². The van der Waals surface area contributed by atoms with Gasteiger partial charge in [-0.05, 0) is 37.5 Å². The standard InChI is InChI=1S/C78H152O17P2/c1-7-9-11-13-15-16-17-18-19-22-27-33-38-44-50-56-62-77(82)94-73(66-88-75(80)60-54-48-40-14-12-10-8-2)68-92-96(84,85)90-64-72(79)65-91-97(86,87)93-69-74(67-89-76(81)61-55-49-43-37-32-29-24-26-31-36-42-47-53-59-71(5)6)95-78(83)63-57-51-45-39-34-28-23-20-21-25-30-35-41-46-52-58-70(3)4/h70-74,79H,7-69H2,1-6H3,(H,84,85)(H,86,87)/t72-,73+,74+/m0/s1. The minimum absolute atomic E-state index is 0.108. The predicted octanol–water partition coefficient (Wildman–Crippen LogP) is 23.1. The average molecular weight is 1420 g/mol. The first-order valence-electron chi connectivity index (χ1n) is 40.5. The first-order valence-corrected chi connectivity index (χ1v) is 43.5. The van der Waals surface area contributed by atoms with Crippen LogP contribution in [0, 0.1) is 11.8 Å². The molecule has 17 nitrogen and oxygen atoms in total. The SMILES string of the molecule is CCCCCCCCCCCCCCCCCCC(=O)O[C@H](COC(=O)CCCCCCCCC)COP(=O)(O)OC[C@H](O)COP(=O)(O)OC[C@@H](COC(=O)CCCCCCCCCCCCCCCC(C)C)OC(=O)CCCCCCCCCCCCCCCCCC(C)C. The summed E-state index contributed by atoms with van der Waals surface area (Å²) in [5, 5.41) is 10.6. The number of ether oxygens (including phenoxy) is 4. The van der Waals surface area contributed by atoms with E-state index < -0.39 is 97.5 Å². The summed E-state index contributed by atoms with van der Waals surface area (Å²) in [5.41, 5.74) is 0. The molecule has 0 fully saturated rings. The predicted molar refractivity (Wildman–Crippen MR) is 395 cm³/mol. The van der Waals surface area contributed by atoms with Crippen LogP contribution in [0.5, 0.6) is 0 Å². The molecule has 0 bridgehead atoms. The number of phosphoric ester groups is 2. The quantitative estimate of drug-likeness (QED) is 0.0222. The number of phosphoric acid groups is 2. The molecule has 0 aromatic heterocycles. The normalized spacial score (nSPS) is 14.0. The number of carbonyl (C=O) groups is 4. The molecule has 0 heterocycles. The van der Waals surface area contributed by atoms with Gasteiger partial charge in [0.1, 0.15) is 19.3 Å². The Morgan fingerprint density at radius 3 is 0.701 bits per heavy atom. The second kappa shape index (κ2) is 69.8. The Hall–Kier alpha value is -1.94. The van der Waals surface area contributed by atoms with Crippen LogP contribution >= 0.6 is 15.6 Å². The lowest BCUT2D eigenvalue weighted by Crippen LogP contribution is -2.30. The van der Waals surface area contributed by atoms with Crippen molar-refractivity contribution < 1.29 is 80.2 Å². The van der Waals surface area contributed by atoms with Crippen LogP contribution in [0.4, 0.5) is 0 Å². The van der Waals surface area contributed by atoms with Crippen molar-refractivity contribution >= 4 is 39.5 Å². The third-order valence-corrected chi connectivity index (χ3v) is 20.1. The topological polar surface area (TPSA) is 237 Å². The average Bonchev–Trinajstić information content (AvgIpc) is 1.22.